The first-order valence-electron chi connectivity index (χ1n) is 6.80. The molecule has 0 unspecified atom stereocenters. The van der Waals surface area contributed by atoms with Crippen LogP contribution in [0, 0.1) is 0 Å². The Kier molecular flexibility index (Phi) is 6.78. The monoisotopic (exact) mass is 314 g/mol. The molecule has 118 valence electrons. The zero-order valence-corrected chi connectivity index (χ0v) is 14.0. The highest BCUT2D eigenvalue weighted by Crippen LogP contribution is 2.34. The summed E-state index contributed by atoms with van der Waals surface area (Å²) >= 11 is 6.05. The lowest BCUT2D eigenvalue weighted by Crippen LogP contribution is -2.36. The molecule has 0 aliphatic heterocycles. The average Bonchev–Trinajstić information content (AvgIpc) is 2.44. The minimum atomic E-state index is -0.0857. The van der Waals surface area contributed by atoms with Gasteiger partial charge in [0.15, 0.2) is 18.1 Å². The first-order valence-corrected chi connectivity index (χ1v) is 7.18. The smallest absolute Gasteiger partial charge is 0.260 e. The zero-order chi connectivity index (χ0) is 16.0. The molecule has 21 heavy (non-hydrogen) atoms. The van der Waals surface area contributed by atoms with E-state index in [0.29, 0.717) is 23.1 Å². The van der Waals surface area contributed by atoms with Crippen LogP contribution in [-0.4, -0.2) is 44.7 Å². The summed E-state index contributed by atoms with van der Waals surface area (Å²) in [5.74, 6) is 0.979. The van der Waals surface area contributed by atoms with E-state index in [2.05, 4.69) is 5.32 Å². The number of carbonyl (C=O) groups excluding carboxylic acids is 1. The Morgan fingerprint density at radius 3 is 2.62 bits per heavy atom. The molecule has 1 aromatic carbocycles. The largest absolute Gasteiger partial charge is 0.493 e. The lowest BCUT2D eigenvalue weighted by molar-refractivity contribution is -0.133. The number of rotatable bonds is 7. The van der Waals surface area contributed by atoms with Gasteiger partial charge in [-0.1, -0.05) is 11.6 Å². The Morgan fingerprint density at radius 2 is 2.10 bits per heavy atom. The second-order valence-corrected chi connectivity index (χ2v) is 5.45. The van der Waals surface area contributed by atoms with Crippen LogP contribution in [0.2, 0.25) is 5.02 Å². The van der Waals surface area contributed by atoms with Crippen LogP contribution in [0.5, 0.6) is 11.5 Å². The van der Waals surface area contributed by atoms with E-state index >= 15 is 0 Å². The van der Waals surface area contributed by atoms with Crippen molar-refractivity contribution >= 4 is 17.5 Å². The number of hydrogen-bond donors (Lipinski definition) is 1. The van der Waals surface area contributed by atoms with Crippen LogP contribution in [0.15, 0.2) is 12.1 Å². The van der Waals surface area contributed by atoms with Crippen LogP contribution in [0.25, 0.3) is 0 Å². The summed E-state index contributed by atoms with van der Waals surface area (Å²) in [7, 11) is 5.13. The third-order valence-electron chi connectivity index (χ3n) is 3.19. The summed E-state index contributed by atoms with van der Waals surface area (Å²) in [6, 6.07) is 3.60. The number of methoxy groups -OCH3 is 1. The quantitative estimate of drug-likeness (QED) is 0.839. The van der Waals surface area contributed by atoms with Crippen LogP contribution >= 0.6 is 11.6 Å². The van der Waals surface area contributed by atoms with Crippen molar-refractivity contribution in [3.8, 4) is 11.5 Å². The third kappa shape index (κ3) is 4.79. The summed E-state index contributed by atoms with van der Waals surface area (Å²) in [4.78, 5) is 13.7. The summed E-state index contributed by atoms with van der Waals surface area (Å²) in [6.07, 6.45) is 0. The van der Waals surface area contributed by atoms with E-state index in [9.17, 15) is 4.79 Å². The third-order valence-corrected chi connectivity index (χ3v) is 3.41. The van der Waals surface area contributed by atoms with E-state index in [-0.39, 0.29) is 18.6 Å². The molecule has 0 aromatic heterocycles. The number of halogens is 1. The number of nitrogens with one attached hydrogen (secondary N) is 1. The SMILES string of the molecule is CNCc1cc(Cl)cc(OC)c1OCC(=O)N(C)C(C)C. The molecule has 0 bridgehead atoms. The van der Waals surface area contributed by atoms with Crippen molar-refractivity contribution in [1.82, 2.24) is 10.2 Å². The Hall–Kier alpha value is -1.46. The van der Waals surface area contributed by atoms with Gasteiger partial charge in [0.25, 0.3) is 5.91 Å². The van der Waals surface area contributed by atoms with Gasteiger partial charge in [0.2, 0.25) is 0 Å². The Bertz CT molecular complexity index is 492. The Balaban J connectivity index is 2.93. The predicted octanol–water partition coefficient (Wildman–Crippen LogP) is 2.31. The number of benzene rings is 1. The van der Waals surface area contributed by atoms with Crippen molar-refractivity contribution in [2.75, 3.05) is 27.8 Å². The van der Waals surface area contributed by atoms with Crippen LogP contribution in [0.1, 0.15) is 19.4 Å². The number of hydrogen-bond acceptors (Lipinski definition) is 4. The minimum absolute atomic E-state index is 0.0383. The number of likely N-dealkylation sites (N-methyl/N-ethyl adjacent to an activating group) is 1. The molecule has 1 rings (SSSR count). The van der Waals surface area contributed by atoms with Crippen molar-refractivity contribution in [3.63, 3.8) is 0 Å². The highest BCUT2D eigenvalue weighted by molar-refractivity contribution is 6.30. The van der Waals surface area contributed by atoms with E-state index in [0.717, 1.165) is 5.56 Å². The molecule has 1 N–H and O–H groups in total. The molecule has 0 aliphatic carbocycles. The van der Waals surface area contributed by atoms with Gasteiger partial charge in [-0.25, -0.2) is 0 Å². The van der Waals surface area contributed by atoms with Gasteiger partial charge < -0.3 is 19.7 Å². The van der Waals surface area contributed by atoms with Crippen LogP contribution in [0.4, 0.5) is 0 Å². The normalized spacial score (nSPS) is 10.6. The van der Waals surface area contributed by atoms with Crippen LogP contribution in [0.3, 0.4) is 0 Å². The van der Waals surface area contributed by atoms with E-state index < -0.39 is 0 Å². The Morgan fingerprint density at radius 1 is 1.43 bits per heavy atom. The number of ether oxygens (including phenoxy) is 2. The molecule has 1 amide bonds. The molecule has 0 saturated heterocycles. The van der Waals surface area contributed by atoms with Crippen LogP contribution < -0.4 is 14.8 Å². The molecule has 0 fully saturated rings. The van der Waals surface area contributed by atoms with Crippen molar-refractivity contribution in [1.29, 1.82) is 0 Å². The maximum atomic E-state index is 12.0. The topological polar surface area (TPSA) is 50.8 Å². The molecule has 5 nitrogen and oxygen atoms in total. The van der Waals surface area contributed by atoms with Crippen molar-refractivity contribution in [3.05, 3.63) is 22.7 Å². The fourth-order valence-electron chi connectivity index (χ4n) is 1.78. The molecule has 0 spiro atoms. The highest BCUT2D eigenvalue weighted by atomic mass is 35.5. The van der Waals surface area contributed by atoms with Gasteiger partial charge in [-0.3, -0.25) is 4.79 Å². The van der Waals surface area contributed by atoms with E-state index in [4.69, 9.17) is 21.1 Å². The zero-order valence-electron chi connectivity index (χ0n) is 13.2. The predicted molar refractivity (Wildman–Crippen MR) is 84.2 cm³/mol. The second-order valence-electron chi connectivity index (χ2n) is 5.01. The maximum absolute atomic E-state index is 12.0. The van der Waals surface area contributed by atoms with E-state index in [1.165, 1.54) is 0 Å². The molecule has 0 saturated carbocycles. The molecule has 1 aromatic rings. The average molecular weight is 315 g/mol. The molecule has 0 radical (unpaired) electrons. The van der Waals surface area contributed by atoms with Gasteiger partial charge in [-0.15, -0.1) is 0 Å². The lowest BCUT2D eigenvalue weighted by atomic mass is 10.2. The first-order chi connectivity index (χ1) is 9.90. The fraction of sp³-hybridized carbons (Fsp3) is 0.533. The van der Waals surface area contributed by atoms with Crippen molar-refractivity contribution in [2.24, 2.45) is 0 Å². The van der Waals surface area contributed by atoms with E-state index in [1.54, 1.807) is 31.2 Å². The Labute approximate surface area is 131 Å². The van der Waals surface area contributed by atoms with Gasteiger partial charge >= 0.3 is 0 Å². The van der Waals surface area contributed by atoms with Gasteiger partial charge in [-0.2, -0.15) is 0 Å². The molecule has 6 heteroatoms. The summed E-state index contributed by atoms with van der Waals surface area (Å²) in [5.41, 5.74) is 0.849. The summed E-state index contributed by atoms with van der Waals surface area (Å²) in [5, 5.41) is 3.61. The van der Waals surface area contributed by atoms with Crippen molar-refractivity contribution in [2.45, 2.75) is 26.4 Å². The summed E-state index contributed by atoms with van der Waals surface area (Å²) < 4.78 is 11.0. The number of amides is 1. The number of nitrogens with zero attached hydrogens (tertiary/aromatic N) is 1. The van der Waals surface area contributed by atoms with Crippen molar-refractivity contribution < 1.29 is 14.3 Å². The molecule has 0 atom stereocenters. The highest BCUT2D eigenvalue weighted by Gasteiger charge is 2.17. The molecule has 0 heterocycles. The standard InChI is InChI=1S/C15H23ClN2O3/c1-10(2)18(4)14(19)9-21-15-11(8-17-3)6-12(16)7-13(15)20-5/h6-7,10,17H,8-9H2,1-5H3. The van der Waals surface area contributed by atoms with Gasteiger partial charge in [-0.05, 0) is 27.0 Å². The fourth-order valence-corrected chi connectivity index (χ4v) is 2.01. The summed E-state index contributed by atoms with van der Waals surface area (Å²) in [6.45, 7) is 4.43. The van der Waals surface area contributed by atoms with Gasteiger partial charge in [0.05, 0.1) is 7.11 Å². The van der Waals surface area contributed by atoms with Gasteiger partial charge in [0.1, 0.15) is 0 Å². The second kappa shape index (κ2) is 8.10. The molecular formula is C15H23ClN2O3. The molecule has 0 aliphatic rings. The van der Waals surface area contributed by atoms with E-state index in [1.807, 2.05) is 20.9 Å². The van der Waals surface area contributed by atoms with Gasteiger partial charge in [0, 0.05) is 36.3 Å². The lowest BCUT2D eigenvalue weighted by Gasteiger charge is -2.22. The van der Waals surface area contributed by atoms with Crippen LogP contribution in [-0.2, 0) is 11.3 Å². The minimum Gasteiger partial charge on any atom is -0.493 e. The molecular weight excluding hydrogens is 292 g/mol. The maximum Gasteiger partial charge on any atom is 0.260 e. The number of carbonyl (C=O) groups is 1. The first kappa shape index (κ1) is 17.6.